The van der Waals surface area contributed by atoms with E-state index in [-0.39, 0.29) is 14.5 Å². The Morgan fingerprint density at radius 1 is 0.383 bits per heavy atom. The van der Waals surface area contributed by atoms with Crippen LogP contribution in [0.2, 0.25) is 21.4 Å². The van der Waals surface area contributed by atoms with Crippen LogP contribution < -0.4 is 0 Å². The summed E-state index contributed by atoms with van der Waals surface area (Å²) in [5.74, 6) is 0. The van der Waals surface area contributed by atoms with E-state index < -0.39 is 41.4 Å². The van der Waals surface area contributed by atoms with Crippen LogP contribution in [0.15, 0.2) is 119 Å². The van der Waals surface area contributed by atoms with Gasteiger partial charge in [0.15, 0.2) is 0 Å². The number of allylic oxidation sites excluding steroid dienone is 4. The molecular formula is C52H66Cl4Si2Zr2. The Morgan fingerprint density at radius 2 is 0.617 bits per heavy atom. The van der Waals surface area contributed by atoms with Crippen LogP contribution in [-0.4, -0.2) is 13.3 Å². The second kappa shape index (κ2) is 16.0. The summed E-state index contributed by atoms with van der Waals surface area (Å²) < 4.78 is 2.36. The van der Waals surface area contributed by atoms with E-state index in [0.29, 0.717) is 0 Å². The number of hydrogen-bond acceptors (Lipinski definition) is 0. The summed E-state index contributed by atoms with van der Waals surface area (Å²) in [5.41, 5.74) is 16.7. The maximum absolute atomic E-state index is 9.15. The quantitative estimate of drug-likeness (QED) is 0.0730. The Morgan fingerprint density at radius 3 is 0.833 bits per heavy atom. The van der Waals surface area contributed by atoms with Gasteiger partial charge in [-0.25, -0.2) is 0 Å². The van der Waals surface area contributed by atoms with Crippen molar-refractivity contribution in [3.8, 4) is 0 Å². The summed E-state index contributed by atoms with van der Waals surface area (Å²) in [5, 5.41) is 0. The van der Waals surface area contributed by atoms with Crippen LogP contribution in [0.1, 0.15) is 138 Å². The first kappa shape index (κ1) is 45.8. The molecule has 4 aliphatic rings. The molecule has 0 heterocycles. The second-order valence-corrected chi connectivity index (χ2v) is 126. The fourth-order valence-corrected chi connectivity index (χ4v) is 97.5. The predicted molar refractivity (Wildman–Crippen MR) is 270 cm³/mol. The third-order valence-corrected chi connectivity index (χ3v) is 126. The van der Waals surface area contributed by atoms with Gasteiger partial charge in [-0.3, -0.25) is 0 Å². The molecule has 8 rings (SSSR count). The predicted octanol–water partition coefficient (Wildman–Crippen LogP) is 16.9. The van der Waals surface area contributed by atoms with Crippen molar-refractivity contribution in [1.29, 1.82) is 0 Å². The van der Waals surface area contributed by atoms with Gasteiger partial charge in [-0.05, 0) is 0 Å². The van der Waals surface area contributed by atoms with Gasteiger partial charge in [-0.2, -0.15) is 0 Å². The first-order valence-corrected chi connectivity index (χ1v) is 59.9. The molecule has 4 atom stereocenters. The van der Waals surface area contributed by atoms with Gasteiger partial charge in [0.1, 0.15) is 0 Å². The molecule has 0 saturated carbocycles. The minimum atomic E-state index is -5.45. The Balaban J connectivity index is 1.17. The molecule has 0 nitrogen and oxygen atoms in total. The number of hydrogen-bond donors (Lipinski definition) is 0. The normalized spacial score (nSPS) is 23.3. The zero-order chi connectivity index (χ0) is 42.7. The van der Waals surface area contributed by atoms with Crippen molar-refractivity contribution in [3.63, 3.8) is 0 Å². The molecule has 0 N–H and O–H groups in total. The van der Waals surface area contributed by atoms with Crippen LogP contribution in [-0.2, 0) is 28.1 Å². The molecule has 4 aromatic carbocycles. The molecule has 0 fully saturated rings. The average molecular weight is 1070 g/mol. The fraction of sp³-hybridized carbons (Fsp3) is 0.385. The Labute approximate surface area is 374 Å². The van der Waals surface area contributed by atoms with Crippen molar-refractivity contribution in [2.45, 2.75) is 115 Å². The topological polar surface area (TPSA) is 0 Å². The summed E-state index contributed by atoms with van der Waals surface area (Å²) in [6, 6.07) is 36.2. The number of rotatable bonds is 17. The second-order valence-electron chi connectivity index (χ2n) is 19.7. The van der Waals surface area contributed by atoms with Crippen LogP contribution >= 0.6 is 34.1 Å². The van der Waals surface area contributed by atoms with E-state index in [0.717, 1.165) is 59.6 Å². The Hall–Kier alpha value is -0.800. The van der Waals surface area contributed by atoms with Crippen LogP contribution in [0.4, 0.5) is 0 Å². The van der Waals surface area contributed by atoms with E-state index in [4.69, 9.17) is 34.1 Å². The van der Waals surface area contributed by atoms with Crippen molar-refractivity contribution in [2.75, 3.05) is 0 Å². The molecule has 8 heteroatoms. The number of benzene rings is 4. The van der Waals surface area contributed by atoms with Crippen molar-refractivity contribution in [3.05, 3.63) is 164 Å². The monoisotopic (exact) mass is 1070 g/mol. The molecule has 0 spiro atoms. The Kier molecular flexibility index (Phi) is 12.2. The number of halogens is 4. The summed E-state index contributed by atoms with van der Waals surface area (Å²) in [6.45, 7) is 12.3. The van der Waals surface area contributed by atoms with Crippen LogP contribution in [0.25, 0.3) is 24.3 Å². The van der Waals surface area contributed by atoms with Gasteiger partial charge in [0.2, 0.25) is 0 Å². The van der Waals surface area contributed by atoms with Crippen LogP contribution in [0, 0.1) is 0 Å². The summed E-state index contributed by atoms with van der Waals surface area (Å²) >= 11 is -10.9. The van der Waals surface area contributed by atoms with Gasteiger partial charge in [-0.15, -0.1) is 0 Å². The van der Waals surface area contributed by atoms with Gasteiger partial charge in [0.05, 0.1) is 0 Å². The molecule has 60 heavy (non-hydrogen) atoms. The zero-order valence-electron chi connectivity index (χ0n) is 36.9. The van der Waals surface area contributed by atoms with Gasteiger partial charge in [0, 0.05) is 0 Å². The van der Waals surface area contributed by atoms with E-state index in [1.807, 2.05) is 0 Å². The van der Waals surface area contributed by atoms with E-state index in [1.165, 1.54) is 66.8 Å². The first-order valence-electron chi connectivity index (χ1n) is 23.4. The van der Waals surface area contributed by atoms with E-state index in [1.54, 1.807) is 0 Å². The third kappa shape index (κ3) is 6.70. The molecule has 4 aromatic rings. The molecule has 0 aromatic heterocycles. The zero-order valence-corrected chi connectivity index (χ0v) is 47.6. The van der Waals surface area contributed by atoms with E-state index >= 15 is 0 Å². The average Bonchev–Trinajstić information content (AvgIpc) is 4.06. The molecule has 0 radical (unpaired) electrons. The van der Waals surface area contributed by atoms with Crippen molar-refractivity contribution in [1.82, 2.24) is 0 Å². The number of unbranched alkanes of at least 4 members (excludes halogenated alkanes) is 3. The Bertz CT molecular complexity index is 2190. The standard InChI is InChI=1S/4C11H11.C6H12.2CH5Si.4ClH.2Zr/c4*1-2-9-7-10-5-3-4-6-11(10)8-9;1-3-5-6-4-2;2*1-2;;;;;;/h4*3-8H,2H2,1H3;1-6H2;2*2H2,1H3;4*1H;;/q;;;;;;;;;;;2*+2/p-4. The van der Waals surface area contributed by atoms with Gasteiger partial charge < -0.3 is 0 Å². The molecule has 0 saturated heterocycles. The van der Waals surface area contributed by atoms with Crippen molar-refractivity contribution < 1.29 is 28.1 Å². The van der Waals surface area contributed by atoms with Gasteiger partial charge in [0.25, 0.3) is 0 Å². The van der Waals surface area contributed by atoms with Crippen LogP contribution in [0.5, 0.6) is 0 Å². The molecule has 4 unspecified atom stereocenters. The molecule has 0 aliphatic heterocycles. The van der Waals surface area contributed by atoms with Crippen molar-refractivity contribution in [2.24, 2.45) is 0 Å². The SMILES string of the molecule is CCC1=Cc2ccccc2[CH]1[Zr]([Cl])([Cl])([CH2]CCCC[CH2][Zr]([Cl])([Cl])([SiH2]C)([CH]1C(CC)=Cc2ccccc21)[CH]1C(CC)=Cc2ccccc21)([SiH2]C)[CH]1C(CC)=Cc2ccccc21. The summed E-state index contributed by atoms with van der Waals surface area (Å²) in [6.07, 6.45) is 18.0. The van der Waals surface area contributed by atoms with E-state index in [2.05, 4.69) is 162 Å². The van der Waals surface area contributed by atoms with E-state index in [9.17, 15) is 0 Å². The van der Waals surface area contributed by atoms with Crippen LogP contribution in [0.3, 0.4) is 0 Å². The van der Waals surface area contributed by atoms with Gasteiger partial charge in [-0.1, -0.05) is 0 Å². The third-order valence-electron chi connectivity index (χ3n) is 17.1. The molecule has 0 amide bonds. The molecular weight excluding hydrogens is 1010 g/mol. The number of fused-ring (bicyclic) bond motifs is 4. The summed E-state index contributed by atoms with van der Waals surface area (Å²) in [7, 11) is 36.6. The maximum atomic E-state index is 9.15. The molecule has 4 aliphatic carbocycles. The first-order chi connectivity index (χ1) is 28.6. The minimum absolute atomic E-state index is 0.119. The van der Waals surface area contributed by atoms with Crippen molar-refractivity contribution >= 4 is 71.6 Å². The van der Waals surface area contributed by atoms with Gasteiger partial charge >= 0.3 is 379 Å². The summed E-state index contributed by atoms with van der Waals surface area (Å²) in [4.78, 5) is 0. The molecule has 0 bridgehead atoms. The fourth-order valence-electron chi connectivity index (χ4n) is 14.1. The molecule has 318 valence electrons.